The van der Waals surface area contributed by atoms with Crippen molar-refractivity contribution in [3.8, 4) is 11.3 Å². The van der Waals surface area contributed by atoms with Gasteiger partial charge in [-0.1, -0.05) is 41.7 Å². The molecule has 0 N–H and O–H groups in total. The maximum absolute atomic E-state index is 2.24. The zero-order chi connectivity index (χ0) is 11.1. The summed E-state index contributed by atoms with van der Waals surface area (Å²) in [6.07, 6.45) is 2.20. The molecule has 0 atom stereocenters. The van der Waals surface area contributed by atoms with Gasteiger partial charge in [0.2, 0.25) is 0 Å². The predicted octanol–water partition coefficient (Wildman–Crippen LogP) is 2.80. The molecule has 0 fully saturated rings. The van der Waals surface area contributed by atoms with Crippen LogP contribution in [0.5, 0.6) is 0 Å². The van der Waals surface area contributed by atoms with Crippen LogP contribution in [0, 0.1) is 6.92 Å². The van der Waals surface area contributed by atoms with Crippen molar-refractivity contribution in [2.24, 2.45) is 7.05 Å². The van der Waals surface area contributed by atoms with Crippen molar-refractivity contribution in [1.29, 1.82) is 0 Å². The quantitative estimate of drug-likeness (QED) is 0.567. The molecule has 0 amide bonds. The number of aryl methyl sites for hydroxylation is 2. The van der Waals surface area contributed by atoms with Crippen LogP contribution in [0.2, 0.25) is 0 Å². The number of benzene rings is 1. The molecule has 0 aliphatic rings. The Labute approximate surface area is 98.4 Å². The van der Waals surface area contributed by atoms with Gasteiger partial charge in [-0.05, 0) is 6.92 Å². The molecule has 3 aromatic rings. The summed E-state index contributed by atoms with van der Waals surface area (Å²) in [5, 5.41) is 2.18. The minimum atomic E-state index is 1.26. The fourth-order valence-electron chi connectivity index (χ4n) is 1.99. The molecule has 2 nitrogen and oxygen atoms in total. The largest absolute Gasteiger partial charge is 0.346 e. The smallest absolute Gasteiger partial charge is 0.216 e. The summed E-state index contributed by atoms with van der Waals surface area (Å²) in [5.74, 6) is 0. The van der Waals surface area contributed by atoms with E-state index in [1.165, 1.54) is 21.9 Å². The number of thiazole rings is 1. The van der Waals surface area contributed by atoms with Crippen LogP contribution in [0.1, 0.15) is 5.69 Å². The molecule has 0 unspecified atom stereocenters. The summed E-state index contributed by atoms with van der Waals surface area (Å²) in [5.41, 5.74) is 3.81. The maximum Gasteiger partial charge on any atom is 0.346 e. The topological polar surface area (TPSA) is 8.29 Å². The third-order valence-electron chi connectivity index (χ3n) is 2.89. The molecule has 1 aromatic carbocycles. The summed E-state index contributed by atoms with van der Waals surface area (Å²) in [4.78, 5) is 1.27. The van der Waals surface area contributed by atoms with E-state index in [4.69, 9.17) is 0 Å². The highest BCUT2D eigenvalue weighted by molar-refractivity contribution is 7.14. The van der Waals surface area contributed by atoms with E-state index in [2.05, 4.69) is 58.8 Å². The maximum atomic E-state index is 2.24. The molecule has 16 heavy (non-hydrogen) atoms. The van der Waals surface area contributed by atoms with Gasteiger partial charge in [-0.25, -0.2) is 4.57 Å². The number of aromatic nitrogens is 2. The molecule has 0 bridgehead atoms. The average Bonchev–Trinajstić information content (AvgIpc) is 2.83. The molecule has 3 rings (SSSR count). The first-order valence-electron chi connectivity index (χ1n) is 5.28. The number of imidazole rings is 1. The third kappa shape index (κ3) is 1.28. The van der Waals surface area contributed by atoms with Crippen LogP contribution in [0.25, 0.3) is 16.2 Å². The van der Waals surface area contributed by atoms with E-state index in [1.54, 1.807) is 11.3 Å². The Kier molecular flexibility index (Phi) is 2.07. The summed E-state index contributed by atoms with van der Waals surface area (Å²) in [6.45, 7) is 2.14. The highest BCUT2D eigenvalue weighted by atomic mass is 32.1. The number of hydrogen-bond acceptors (Lipinski definition) is 1. The predicted molar refractivity (Wildman–Crippen MR) is 66.6 cm³/mol. The standard InChI is InChI=1S/C13H13N2S/c1-10-9-16-13-14(2)12(8-15(10)13)11-6-4-3-5-7-11/h3-9H,1-2H3/q+1. The van der Waals surface area contributed by atoms with Crippen LogP contribution < -0.4 is 4.57 Å². The van der Waals surface area contributed by atoms with E-state index in [0.717, 1.165) is 0 Å². The van der Waals surface area contributed by atoms with Crippen LogP contribution in [-0.4, -0.2) is 4.40 Å². The van der Waals surface area contributed by atoms with Gasteiger partial charge in [-0.3, -0.25) is 0 Å². The number of nitrogens with zero attached hydrogens (tertiary/aromatic N) is 2. The third-order valence-corrected chi connectivity index (χ3v) is 4.03. The minimum absolute atomic E-state index is 1.26. The molecule has 2 heterocycles. The Morgan fingerprint density at radius 3 is 2.62 bits per heavy atom. The molecular formula is C13H13N2S+. The molecule has 0 saturated heterocycles. The van der Waals surface area contributed by atoms with Gasteiger partial charge in [-0.2, -0.15) is 4.40 Å². The van der Waals surface area contributed by atoms with E-state index in [0.29, 0.717) is 0 Å². The van der Waals surface area contributed by atoms with E-state index < -0.39 is 0 Å². The summed E-state index contributed by atoms with van der Waals surface area (Å²) < 4.78 is 4.49. The normalized spacial score (nSPS) is 11.1. The Morgan fingerprint density at radius 1 is 1.19 bits per heavy atom. The van der Waals surface area contributed by atoms with Crippen LogP contribution in [-0.2, 0) is 7.05 Å². The van der Waals surface area contributed by atoms with Gasteiger partial charge in [0.1, 0.15) is 11.9 Å². The average molecular weight is 229 g/mol. The van der Waals surface area contributed by atoms with Gasteiger partial charge in [0.05, 0.1) is 7.05 Å². The van der Waals surface area contributed by atoms with Crippen molar-refractivity contribution in [2.75, 3.05) is 0 Å². The molecule has 2 aromatic heterocycles. The molecule has 3 heteroatoms. The lowest BCUT2D eigenvalue weighted by atomic mass is 10.2. The number of fused-ring (bicyclic) bond motifs is 1. The van der Waals surface area contributed by atoms with E-state index >= 15 is 0 Å². The van der Waals surface area contributed by atoms with E-state index in [-0.39, 0.29) is 0 Å². The van der Waals surface area contributed by atoms with Crippen molar-refractivity contribution in [3.05, 3.63) is 47.6 Å². The number of rotatable bonds is 1. The van der Waals surface area contributed by atoms with Crippen molar-refractivity contribution in [1.82, 2.24) is 4.40 Å². The van der Waals surface area contributed by atoms with E-state index in [1.807, 2.05) is 6.07 Å². The van der Waals surface area contributed by atoms with Gasteiger partial charge < -0.3 is 0 Å². The summed E-state index contributed by atoms with van der Waals surface area (Å²) in [6, 6.07) is 10.5. The Hall–Kier alpha value is -1.61. The lowest BCUT2D eigenvalue weighted by Crippen LogP contribution is -2.28. The van der Waals surface area contributed by atoms with Crippen LogP contribution in [0.15, 0.2) is 41.9 Å². The number of hydrogen-bond donors (Lipinski definition) is 0. The van der Waals surface area contributed by atoms with Crippen molar-refractivity contribution < 1.29 is 4.57 Å². The highest BCUT2D eigenvalue weighted by Gasteiger charge is 2.18. The summed E-state index contributed by atoms with van der Waals surface area (Å²) in [7, 11) is 2.12. The fraction of sp³-hybridized carbons (Fsp3) is 0.154. The minimum Gasteiger partial charge on any atom is -0.216 e. The second kappa shape index (κ2) is 3.46. The van der Waals surface area contributed by atoms with Crippen LogP contribution in [0.4, 0.5) is 0 Å². The van der Waals surface area contributed by atoms with Crippen molar-refractivity contribution >= 4 is 16.3 Å². The molecule has 0 aliphatic heterocycles. The van der Waals surface area contributed by atoms with Gasteiger partial charge in [0.15, 0.2) is 5.69 Å². The Bertz CT molecular complexity index is 635. The van der Waals surface area contributed by atoms with Gasteiger partial charge in [0.25, 0.3) is 0 Å². The second-order valence-electron chi connectivity index (χ2n) is 3.97. The first kappa shape index (κ1) is 9.60. The zero-order valence-electron chi connectivity index (χ0n) is 9.34. The van der Waals surface area contributed by atoms with Crippen LogP contribution in [0.3, 0.4) is 0 Å². The Balaban J connectivity index is 2.29. The zero-order valence-corrected chi connectivity index (χ0v) is 10.2. The molecule has 80 valence electrons. The SMILES string of the molecule is Cc1csc2n1cc(-c1ccccc1)[n+]2C. The monoisotopic (exact) mass is 229 g/mol. The van der Waals surface area contributed by atoms with Crippen molar-refractivity contribution in [3.63, 3.8) is 0 Å². The van der Waals surface area contributed by atoms with Gasteiger partial charge in [-0.15, -0.1) is 0 Å². The molecule has 0 aliphatic carbocycles. The van der Waals surface area contributed by atoms with Gasteiger partial charge in [0, 0.05) is 10.9 Å². The first-order valence-corrected chi connectivity index (χ1v) is 6.16. The van der Waals surface area contributed by atoms with E-state index in [9.17, 15) is 0 Å². The molecule has 0 spiro atoms. The lowest BCUT2D eigenvalue weighted by molar-refractivity contribution is -0.631. The Morgan fingerprint density at radius 2 is 1.94 bits per heavy atom. The molecule has 0 saturated carbocycles. The second-order valence-corrected chi connectivity index (χ2v) is 4.81. The summed E-state index contributed by atoms with van der Waals surface area (Å²) >= 11 is 1.78. The highest BCUT2D eigenvalue weighted by Crippen LogP contribution is 2.20. The lowest BCUT2D eigenvalue weighted by Gasteiger charge is -1.94. The molecule has 0 radical (unpaired) electrons. The fourth-order valence-corrected chi connectivity index (χ4v) is 2.95. The van der Waals surface area contributed by atoms with Crippen LogP contribution >= 0.6 is 11.3 Å². The molecular weight excluding hydrogens is 216 g/mol. The first-order chi connectivity index (χ1) is 7.77. The van der Waals surface area contributed by atoms with Crippen molar-refractivity contribution in [2.45, 2.75) is 6.92 Å². The van der Waals surface area contributed by atoms with Gasteiger partial charge >= 0.3 is 4.96 Å².